The molecule has 0 aliphatic heterocycles. The second kappa shape index (κ2) is 9.54. The number of benzene rings is 1. The van der Waals surface area contributed by atoms with Crippen molar-refractivity contribution in [1.82, 2.24) is 0 Å². The third-order valence-corrected chi connectivity index (χ3v) is 4.38. The standard InChI is InChI=1S/C21H28O4/c1-2-3-4-5-6-10-15-25-21(24)14-13-18(19(22)16-21)20(23)17-11-8-7-9-12-17/h7-9,11-14,23-24H,2-6,10,15-16H2,1H3. The molecule has 136 valence electrons. The van der Waals surface area contributed by atoms with Gasteiger partial charge in [0.15, 0.2) is 11.6 Å². The molecule has 1 aliphatic carbocycles. The summed E-state index contributed by atoms with van der Waals surface area (Å²) < 4.78 is 5.52. The van der Waals surface area contributed by atoms with Gasteiger partial charge in [0, 0.05) is 5.56 Å². The van der Waals surface area contributed by atoms with Gasteiger partial charge in [-0.3, -0.25) is 4.79 Å². The van der Waals surface area contributed by atoms with Crippen LogP contribution in [0.25, 0.3) is 5.76 Å². The van der Waals surface area contributed by atoms with Gasteiger partial charge in [-0.2, -0.15) is 0 Å². The van der Waals surface area contributed by atoms with E-state index in [1.54, 1.807) is 24.3 Å². The second-order valence-corrected chi connectivity index (χ2v) is 6.52. The number of allylic oxidation sites excluding steroid dienone is 2. The van der Waals surface area contributed by atoms with E-state index in [0.717, 1.165) is 12.8 Å². The summed E-state index contributed by atoms with van der Waals surface area (Å²) in [6.45, 7) is 2.60. The molecule has 0 fully saturated rings. The highest BCUT2D eigenvalue weighted by Crippen LogP contribution is 2.28. The van der Waals surface area contributed by atoms with E-state index in [1.807, 2.05) is 6.07 Å². The van der Waals surface area contributed by atoms with Gasteiger partial charge in [-0.05, 0) is 18.6 Å². The number of unbranched alkanes of at least 4 members (excludes halogenated alkanes) is 5. The van der Waals surface area contributed by atoms with Gasteiger partial charge in [0.1, 0.15) is 5.76 Å². The number of ketones is 1. The molecule has 4 nitrogen and oxygen atoms in total. The lowest BCUT2D eigenvalue weighted by Crippen LogP contribution is -2.36. The summed E-state index contributed by atoms with van der Waals surface area (Å²) in [7, 11) is 0. The Morgan fingerprint density at radius 2 is 1.80 bits per heavy atom. The minimum atomic E-state index is -1.57. The van der Waals surface area contributed by atoms with Crippen LogP contribution in [0.15, 0.2) is 48.1 Å². The van der Waals surface area contributed by atoms with Gasteiger partial charge >= 0.3 is 0 Å². The zero-order valence-electron chi connectivity index (χ0n) is 14.9. The highest BCUT2D eigenvalue weighted by Gasteiger charge is 2.34. The minimum absolute atomic E-state index is 0.0696. The number of carbonyl (C=O) groups excluding carboxylic acids is 1. The minimum Gasteiger partial charge on any atom is -0.507 e. The topological polar surface area (TPSA) is 66.8 Å². The van der Waals surface area contributed by atoms with Crippen molar-refractivity contribution in [2.45, 2.75) is 57.7 Å². The van der Waals surface area contributed by atoms with Crippen molar-refractivity contribution < 1.29 is 19.7 Å². The highest BCUT2D eigenvalue weighted by atomic mass is 16.6. The zero-order chi connectivity index (χ0) is 18.1. The average Bonchev–Trinajstić information content (AvgIpc) is 2.61. The van der Waals surface area contributed by atoms with E-state index in [0.29, 0.717) is 12.2 Å². The molecule has 1 aliphatic rings. The number of hydrogen-bond donors (Lipinski definition) is 2. The number of Topliss-reactive ketones (excluding diaryl/α,β-unsaturated/α-hetero) is 1. The van der Waals surface area contributed by atoms with E-state index < -0.39 is 5.79 Å². The summed E-state index contributed by atoms with van der Waals surface area (Å²) in [4.78, 5) is 12.3. The van der Waals surface area contributed by atoms with Gasteiger partial charge in [0.2, 0.25) is 0 Å². The van der Waals surface area contributed by atoms with E-state index in [4.69, 9.17) is 4.74 Å². The SMILES string of the molecule is CCCCCCCCOC1(O)C=CC(=C(O)c2ccccc2)C(=O)C1. The van der Waals surface area contributed by atoms with Crippen LogP contribution in [0.4, 0.5) is 0 Å². The summed E-state index contributed by atoms with van der Waals surface area (Å²) in [6.07, 6.45) is 9.53. The largest absolute Gasteiger partial charge is 0.507 e. The van der Waals surface area contributed by atoms with E-state index in [2.05, 4.69) is 6.92 Å². The Kier molecular flexibility index (Phi) is 7.41. The van der Waals surface area contributed by atoms with E-state index >= 15 is 0 Å². The molecule has 2 rings (SSSR count). The lowest BCUT2D eigenvalue weighted by Gasteiger charge is -2.28. The van der Waals surface area contributed by atoms with Crippen LogP contribution in [-0.2, 0) is 9.53 Å². The second-order valence-electron chi connectivity index (χ2n) is 6.52. The predicted octanol–water partition coefficient (Wildman–Crippen LogP) is 4.55. The predicted molar refractivity (Wildman–Crippen MR) is 99.0 cm³/mol. The smallest absolute Gasteiger partial charge is 0.192 e. The van der Waals surface area contributed by atoms with Crippen molar-refractivity contribution in [3.63, 3.8) is 0 Å². The third kappa shape index (κ3) is 5.83. The Hall–Kier alpha value is -1.91. The van der Waals surface area contributed by atoms with Crippen LogP contribution in [0, 0.1) is 0 Å². The van der Waals surface area contributed by atoms with E-state index in [9.17, 15) is 15.0 Å². The molecular weight excluding hydrogens is 316 g/mol. The Morgan fingerprint density at radius 3 is 2.48 bits per heavy atom. The molecule has 2 N–H and O–H groups in total. The molecule has 0 aromatic heterocycles. The lowest BCUT2D eigenvalue weighted by molar-refractivity contribution is -0.176. The molecular formula is C21H28O4. The number of rotatable bonds is 9. The van der Waals surface area contributed by atoms with Gasteiger partial charge in [0.05, 0.1) is 18.6 Å². The summed E-state index contributed by atoms with van der Waals surface area (Å²) in [5.41, 5.74) is 0.785. The van der Waals surface area contributed by atoms with Crippen molar-refractivity contribution in [3.8, 4) is 0 Å². The van der Waals surface area contributed by atoms with Crippen molar-refractivity contribution in [1.29, 1.82) is 0 Å². The fourth-order valence-electron chi connectivity index (χ4n) is 2.88. The first-order valence-electron chi connectivity index (χ1n) is 9.13. The van der Waals surface area contributed by atoms with Crippen molar-refractivity contribution in [2.24, 2.45) is 0 Å². The fraction of sp³-hybridized carbons (Fsp3) is 0.476. The number of aliphatic hydroxyl groups excluding tert-OH is 1. The Balaban J connectivity index is 1.90. The van der Waals surface area contributed by atoms with Crippen LogP contribution in [0.3, 0.4) is 0 Å². The van der Waals surface area contributed by atoms with Gasteiger partial charge in [0.25, 0.3) is 0 Å². The third-order valence-electron chi connectivity index (χ3n) is 4.38. The monoisotopic (exact) mass is 344 g/mol. The Labute approximate surface area is 149 Å². The summed E-state index contributed by atoms with van der Waals surface area (Å²) >= 11 is 0. The molecule has 1 unspecified atom stereocenters. The van der Waals surface area contributed by atoms with Crippen LogP contribution in [0.1, 0.15) is 57.4 Å². The number of hydrogen-bond acceptors (Lipinski definition) is 4. The van der Waals surface area contributed by atoms with Crippen LogP contribution in [0.5, 0.6) is 0 Å². The molecule has 0 saturated carbocycles. The maximum Gasteiger partial charge on any atom is 0.192 e. The van der Waals surface area contributed by atoms with Gasteiger partial charge in [-0.15, -0.1) is 0 Å². The molecule has 0 amide bonds. The van der Waals surface area contributed by atoms with Crippen molar-refractivity contribution in [2.75, 3.05) is 6.61 Å². The molecule has 0 spiro atoms. The molecule has 1 aromatic carbocycles. The molecule has 0 saturated heterocycles. The van der Waals surface area contributed by atoms with E-state index in [1.165, 1.54) is 37.8 Å². The van der Waals surface area contributed by atoms with Gasteiger partial charge < -0.3 is 14.9 Å². The van der Waals surface area contributed by atoms with Gasteiger partial charge in [-0.1, -0.05) is 69.4 Å². The molecule has 0 radical (unpaired) electrons. The fourth-order valence-corrected chi connectivity index (χ4v) is 2.88. The molecule has 1 aromatic rings. The number of aliphatic hydroxyl groups is 2. The summed E-state index contributed by atoms with van der Waals surface area (Å²) in [6, 6.07) is 8.90. The van der Waals surface area contributed by atoms with Gasteiger partial charge in [-0.25, -0.2) is 0 Å². The first kappa shape index (κ1) is 19.4. The first-order valence-corrected chi connectivity index (χ1v) is 9.13. The quantitative estimate of drug-likeness (QED) is 0.298. The maximum atomic E-state index is 12.3. The summed E-state index contributed by atoms with van der Waals surface area (Å²) in [5.74, 6) is -1.96. The highest BCUT2D eigenvalue weighted by molar-refractivity contribution is 6.05. The molecule has 1 atom stereocenters. The Morgan fingerprint density at radius 1 is 1.12 bits per heavy atom. The van der Waals surface area contributed by atoms with E-state index in [-0.39, 0.29) is 23.5 Å². The molecule has 25 heavy (non-hydrogen) atoms. The summed E-state index contributed by atoms with van der Waals surface area (Å²) in [5, 5.41) is 20.7. The zero-order valence-corrected chi connectivity index (χ0v) is 14.9. The molecule has 4 heteroatoms. The first-order chi connectivity index (χ1) is 12.1. The van der Waals surface area contributed by atoms with Crippen molar-refractivity contribution in [3.05, 3.63) is 53.6 Å². The maximum absolute atomic E-state index is 12.3. The molecule has 0 heterocycles. The normalized spacial score (nSPS) is 22.2. The van der Waals surface area contributed by atoms with Crippen LogP contribution in [-0.4, -0.2) is 28.4 Å². The number of ether oxygens (including phenoxy) is 1. The van der Waals surface area contributed by atoms with Crippen molar-refractivity contribution >= 4 is 11.5 Å². The lowest BCUT2D eigenvalue weighted by atomic mass is 9.93. The number of carbonyl (C=O) groups is 1. The molecule has 0 bridgehead atoms. The van der Waals surface area contributed by atoms with Crippen LogP contribution in [0.2, 0.25) is 0 Å². The van der Waals surface area contributed by atoms with Crippen LogP contribution < -0.4 is 0 Å². The van der Waals surface area contributed by atoms with Crippen LogP contribution >= 0.6 is 0 Å². The average molecular weight is 344 g/mol. The Bertz CT molecular complexity index is 618.